The summed E-state index contributed by atoms with van der Waals surface area (Å²) < 4.78 is 4.88. The van der Waals surface area contributed by atoms with Crippen LogP contribution >= 0.6 is 0 Å². The van der Waals surface area contributed by atoms with E-state index in [1.165, 1.54) is 7.11 Å². The van der Waals surface area contributed by atoms with Crippen LogP contribution in [0, 0.1) is 17.3 Å². The summed E-state index contributed by atoms with van der Waals surface area (Å²) in [5.74, 6) is 0.867. The van der Waals surface area contributed by atoms with E-state index in [0.717, 1.165) is 31.9 Å². The highest BCUT2D eigenvalue weighted by molar-refractivity contribution is 5.82. The highest BCUT2D eigenvalue weighted by Gasteiger charge is 2.42. The first-order valence-corrected chi connectivity index (χ1v) is 7.77. The molecular formula is C15H27N3O3. The number of methoxy groups -OCH3 is 1. The van der Waals surface area contributed by atoms with Gasteiger partial charge in [0.1, 0.15) is 0 Å². The number of carbonyl (C=O) groups is 1. The van der Waals surface area contributed by atoms with Gasteiger partial charge in [0, 0.05) is 25.0 Å². The second kappa shape index (κ2) is 6.64. The van der Waals surface area contributed by atoms with E-state index in [2.05, 4.69) is 22.1 Å². The second-order valence-electron chi connectivity index (χ2n) is 6.34. The molecule has 0 aromatic heterocycles. The van der Waals surface area contributed by atoms with Crippen molar-refractivity contribution in [3.05, 3.63) is 0 Å². The summed E-state index contributed by atoms with van der Waals surface area (Å²) in [7, 11) is 1.44. The van der Waals surface area contributed by atoms with E-state index in [0.29, 0.717) is 13.1 Å². The minimum atomic E-state index is -0.144. The largest absolute Gasteiger partial charge is 0.469 e. The van der Waals surface area contributed by atoms with Crippen molar-refractivity contribution in [2.45, 2.75) is 26.7 Å². The van der Waals surface area contributed by atoms with Gasteiger partial charge in [-0.3, -0.25) is 9.79 Å². The van der Waals surface area contributed by atoms with Crippen LogP contribution in [0.3, 0.4) is 0 Å². The molecule has 2 atom stereocenters. The Kier molecular flexibility index (Phi) is 5.08. The Morgan fingerprint density at radius 2 is 2.19 bits per heavy atom. The number of hydrogen-bond acceptors (Lipinski definition) is 4. The van der Waals surface area contributed by atoms with Crippen molar-refractivity contribution >= 4 is 11.9 Å². The lowest BCUT2D eigenvalue weighted by Gasteiger charge is -2.22. The molecule has 2 N–H and O–H groups in total. The van der Waals surface area contributed by atoms with Gasteiger partial charge in [-0.25, -0.2) is 0 Å². The van der Waals surface area contributed by atoms with Crippen LogP contribution in [-0.4, -0.2) is 61.8 Å². The zero-order valence-corrected chi connectivity index (χ0v) is 13.3. The Balaban J connectivity index is 2.01. The number of esters is 1. The molecule has 6 nitrogen and oxygen atoms in total. The fraction of sp³-hybridized carbons (Fsp3) is 0.867. The quantitative estimate of drug-likeness (QED) is 0.438. The smallest absolute Gasteiger partial charge is 0.310 e. The van der Waals surface area contributed by atoms with Gasteiger partial charge in [-0.15, -0.1) is 0 Å². The second-order valence-corrected chi connectivity index (χ2v) is 6.34. The SMILES string of the molecule is CCNC(=NCC1(CO)CC1)N1CC(C)C(C(=O)OC)C1. The van der Waals surface area contributed by atoms with E-state index in [1.807, 2.05) is 6.92 Å². The van der Waals surface area contributed by atoms with Crippen molar-refractivity contribution in [2.24, 2.45) is 22.2 Å². The first kappa shape index (κ1) is 16.1. The topological polar surface area (TPSA) is 74.2 Å². The average Bonchev–Trinajstić information content (AvgIpc) is 3.18. The third-order valence-corrected chi connectivity index (χ3v) is 4.61. The molecule has 1 aliphatic heterocycles. The molecule has 0 amide bonds. The molecule has 0 bridgehead atoms. The van der Waals surface area contributed by atoms with Crippen molar-refractivity contribution in [1.82, 2.24) is 10.2 Å². The normalized spacial score (nSPS) is 27.6. The summed E-state index contributed by atoms with van der Waals surface area (Å²) in [4.78, 5) is 18.6. The number of nitrogens with zero attached hydrogens (tertiary/aromatic N) is 2. The number of likely N-dealkylation sites (tertiary alicyclic amines) is 1. The van der Waals surface area contributed by atoms with Crippen LogP contribution in [0.2, 0.25) is 0 Å². The Hall–Kier alpha value is -1.30. The average molecular weight is 297 g/mol. The van der Waals surface area contributed by atoms with Gasteiger partial charge in [0.2, 0.25) is 0 Å². The molecule has 2 unspecified atom stereocenters. The van der Waals surface area contributed by atoms with Crippen molar-refractivity contribution in [1.29, 1.82) is 0 Å². The maximum absolute atomic E-state index is 11.8. The fourth-order valence-corrected chi connectivity index (χ4v) is 2.81. The lowest BCUT2D eigenvalue weighted by molar-refractivity contribution is -0.145. The fourth-order valence-electron chi connectivity index (χ4n) is 2.81. The predicted molar refractivity (Wildman–Crippen MR) is 81.0 cm³/mol. The van der Waals surface area contributed by atoms with Gasteiger partial charge in [-0.2, -0.15) is 0 Å². The molecular weight excluding hydrogens is 270 g/mol. The molecule has 0 spiro atoms. The molecule has 1 saturated heterocycles. The van der Waals surface area contributed by atoms with Crippen LogP contribution in [0.5, 0.6) is 0 Å². The molecule has 0 aromatic rings. The van der Waals surface area contributed by atoms with E-state index in [4.69, 9.17) is 4.74 Å². The van der Waals surface area contributed by atoms with Crippen molar-refractivity contribution in [3.8, 4) is 0 Å². The van der Waals surface area contributed by atoms with Gasteiger partial charge in [0.25, 0.3) is 0 Å². The zero-order chi connectivity index (χ0) is 15.5. The lowest BCUT2D eigenvalue weighted by atomic mass is 9.99. The Bertz CT molecular complexity index is 407. The molecule has 2 rings (SSSR count). The van der Waals surface area contributed by atoms with Crippen LogP contribution in [0.4, 0.5) is 0 Å². The van der Waals surface area contributed by atoms with Crippen LogP contribution < -0.4 is 5.32 Å². The number of aliphatic imine (C=N–C) groups is 1. The van der Waals surface area contributed by atoms with E-state index < -0.39 is 0 Å². The number of aliphatic hydroxyl groups is 1. The first-order chi connectivity index (χ1) is 10.0. The van der Waals surface area contributed by atoms with Gasteiger partial charge in [-0.1, -0.05) is 6.92 Å². The molecule has 0 radical (unpaired) electrons. The third-order valence-electron chi connectivity index (χ3n) is 4.61. The van der Waals surface area contributed by atoms with Gasteiger partial charge in [0.05, 0.1) is 26.2 Å². The number of ether oxygens (including phenoxy) is 1. The minimum absolute atomic E-state index is 0.00770. The molecule has 0 aromatic carbocycles. The standard InChI is InChI=1S/C15H27N3O3/c1-4-16-14(17-9-15(10-19)5-6-15)18-7-11(2)12(8-18)13(20)21-3/h11-12,19H,4-10H2,1-3H3,(H,16,17). The van der Waals surface area contributed by atoms with Gasteiger partial charge >= 0.3 is 5.97 Å². The maximum atomic E-state index is 11.8. The first-order valence-electron chi connectivity index (χ1n) is 7.77. The molecule has 1 aliphatic carbocycles. The Labute approximate surface area is 126 Å². The molecule has 21 heavy (non-hydrogen) atoms. The van der Waals surface area contributed by atoms with Gasteiger partial charge in [0.15, 0.2) is 5.96 Å². The van der Waals surface area contributed by atoms with E-state index >= 15 is 0 Å². The Morgan fingerprint density at radius 1 is 1.48 bits per heavy atom. The minimum Gasteiger partial charge on any atom is -0.469 e. The van der Waals surface area contributed by atoms with Crippen LogP contribution in [0.25, 0.3) is 0 Å². The molecule has 120 valence electrons. The number of hydrogen-bond donors (Lipinski definition) is 2. The monoisotopic (exact) mass is 297 g/mol. The number of carbonyl (C=O) groups excluding carboxylic acids is 1. The van der Waals surface area contributed by atoms with Crippen molar-refractivity contribution in [2.75, 3.05) is 39.9 Å². The number of rotatable bonds is 5. The summed E-state index contributed by atoms with van der Waals surface area (Å²) in [6, 6.07) is 0. The molecule has 1 saturated carbocycles. The van der Waals surface area contributed by atoms with Crippen LogP contribution in [0.1, 0.15) is 26.7 Å². The van der Waals surface area contributed by atoms with E-state index in [9.17, 15) is 9.90 Å². The lowest BCUT2D eigenvalue weighted by Crippen LogP contribution is -2.41. The zero-order valence-electron chi connectivity index (χ0n) is 13.3. The van der Waals surface area contributed by atoms with Gasteiger partial charge in [-0.05, 0) is 25.7 Å². The number of guanidine groups is 1. The number of aliphatic hydroxyl groups excluding tert-OH is 1. The van der Waals surface area contributed by atoms with Gasteiger partial charge < -0.3 is 20.1 Å². The highest BCUT2D eigenvalue weighted by atomic mass is 16.5. The third kappa shape index (κ3) is 3.67. The molecule has 1 heterocycles. The van der Waals surface area contributed by atoms with Crippen molar-refractivity contribution in [3.63, 3.8) is 0 Å². The predicted octanol–water partition coefficient (Wildman–Crippen LogP) is 0.465. The Morgan fingerprint density at radius 3 is 2.71 bits per heavy atom. The summed E-state index contributed by atoms with van der Waals surface area (Å²) in [6.07, 6.45) is 2.10. The summed E-state index contributed by atoms with van der Waals surface area (Å²) in [5.41, 5.74) is 0.00770. The van der Waals surface area contributed by atoms with E-state index in [1.54, 1.807) is 0 Å². The molecule has 2 aliphatic rings. The maximum Gasteiger partial charge on any atom is 0.310 e. The van der Waals surface area contributed by atoms with Crippen LogP contribution in [-0.2, 0) is 9.53 Å². The molecule has 6 heteroatoms. The number of nitrogens with one attached hydrogen (secondary N) is 1. The summed E-state index contributed by atoms with van der Waals surface area (Å²) >= 11 is 0. The highest BCUT2D eigenvalue weighted by Crippen LogP contribution is 2.45. The van der Waals surface area contributed by atoms with Crippen LogP contribution in [0.15, 0.2) is 4.99 Å². The molecule has 2 fully saturated rings. The summed E-state index contributed by atoms with van der Waals surface area (Å²) in [6.45, 7) is 7.20. The van der Waals surface area contributed by atoms with E-state index in [-0.39, 0.29) is 29.8 Å². The summed E-state index contributed by atoms with van der Waals surface area (Å²) in [5, 5.41) is 12.7. The van der Waals surface area contributed by atoms with Crippen molar-refractivity contribution < 1.29 is 14.6 Å².